The quantitative estimate of drug-likeness (QED) is 0.857. The Hall–Kier alpha value is -1.35. The smallest absolute Gasteiger partial charge is 0.229 e. The second-order valence-electron chi connectivity index (χ2n) is 6.32. The molecular weight excluding hydrogens is 236 g/mol. The lowest BCUT2D eigenvalue weighted by Gasteiger charge is -2.26. The summed E-state index contributed by atoms with van der Waals surface area (Å²) in [6, 6.07) is 8.21. The van der Waals surface area contributed by atoms with E-state index in [9.17, 15) is 4.79 Å². The van der Waals surface area contributed by atoms with E-state index in [1.165, 1.54) is 5.56 Å². The Morgan fingerprint density at radius 3 is 2.47 bits per heavy atom. The zero-order valence-corrected chi connectivity index (χ0v) is 12.1. The van der Waals surface area contributed by atoms with Gasteiger partial charge in [-0.1, -0.05) is 39.0 Å². The molecule has 1 aliphatic heterocycles. The Bertz CT molecular complexity index is 442. The van der Waals surface area contributed by atoms with Crippen molar-refractivity contribution >= 4 is 11.6 Å². The summed E-state index contributed by atoms with van der Waals surface area (Å²) in [6.07, 6.45) is 2.28. The lowest BCUT2D eigenvalue weighted by Crippen LogP contribution is -2.30. The van der Waals surface area contributed by atoms with Gasteiger partial charge in [-0.3, -0.25) is 4.79 Å². The Labute approximate surface area is 115 Å². The predicted molar refractivity (Wildman–Crippen MR) is 79.4 cm³/mol. The van der Waals surface area contributed by atoms with Crippen LogP contribution < -0.4 is 10.6 Å². The van der Waals surface area contributed by atoms with Crippen molar-refractivity contribution in [1.82, 2.24) is 5.32 Å². The zero-order valence-electron chi connectivity index (χ0n) is 12.1. The molecule has 3 nitrogen and oxygen atoms in total. The summed E-state index contributed by atoms with van der Waals surface area (Å²) < 4.78 is 0. The molecule has 1 aromatic carbocycles. The van der Waals surface area contributed by atoms with Crippen LogP contribution in [0.5, 0.6) is 0 Å². The van der Waals surface area contributed by atoms with Gasteiger partial charge in [0.05, 0.1) is 0 Å². The third-order valence-corrected chi connectivity index (χ3v) is 3.67. The standard InChI is InChI=1S/C16H24N2O/c1-16(2,3)15(19)18-14-7-5-4-6-13(14)12-8-10-17-11-9-12/h4-7,12,17H,8-11H2,1-3H3,(H,18,19). The first-order chi connectivity index (χ1) is 8.98. The molecule has 1 aliphatic rings. The fraction of sp³-hybridized carbons (Fsp3) is 0.562. The number of hydrogen-bond donors (Lipinski definition) is 2. The van der Waals surface area contributed by atoms with Gasteiger partial charge in [0.25, 0.3) is 0 Å². The van der Waals surface area contributed by atoms with Gasteiger partial charge in [0.2, 0.25) is 5.91 Å². The van der Waals surface area contributed by atoms with Gasteiger partial charge in [0, 0.05) is 11.1 Å². The van der Waals surface area contributed by atoms with Crippen LogP contribution in [0.15, 0.2) is 24.3 Å². The topological polar surface area (TPSA) is 41.1 Å². The molecule has 2 N–H and O–H groups in total. The third kappa shape index (κ3) is 3.57. The maximum atomic E-state index is 12.1. The van der Waals surface area contributed by atoms with Gasteiger partial charge in [-0.05, 0) is 43.5 Å². The van der Waals surface area contributed by atoms with Gasteiger partial charge in [0.15, 0.2) is 0 Å². The van der Waals surface area contributed by atoms with Gasteiger partial charge >= 0.3 is 0 Å². The molecule has 0 atom stereocenters. The van der Waals surface area contributed by atoms with Crippen molar-refractivity contribution < 1.29 is 4.79 Å². The van der Waals surface area contributed by atoms with E-state index in [0.29, 0.717) is 5.92 Å². The number of nitrogens with one attached hydrogen (secondary N) is 2. The lowest BCUT2D eigenvalue weighted by molar-refractivity contribution is -0.123. The molecule has 0 radical (unpaired) electrons. The van der Waals surface area contributed by atoms with E-state index in [2.05, 4.69) is 22.8 Å². The van der Waals surface area contributed by atoms with Crippen LogP contribution in [0.3, 0.4) is 0 Å². The number of carbonyl (C=O) groups is 1. The monoisotopic (exact) mass is 260 g/mol. The molecule has 0 bridgehead atoms. The molecule has 0 unspecified atom stereocenters. The Balaban J connectivity index is 2.18. The SMILES string of the molecule is CC(C)(C)C(=O)Nc1ccccc1C1CCNCC1. The molecule has 1 aromatic rings. The number of hydrogen-bond acceptors (Lipinski definition) is 2. The van der Waals surface area contributed by atoms with Crippen molar-refractivity contribution in [2.45, 2.75) is 39.5 Å². The van der Waals surface area contributed by atoms with E-state index in [-0.39, 0.29) is 11.3 Å². The van der Waals surface area contributed by atoms with Crippen molar-refractivity contribution in [3.05, 3.63) is 29.8 Å². The minimum absolute atomic E-state index is 0.0777. The minimum Gasteiger partial charge on any atom is -0.325 e. The number of para-hydroxylation sites is 1. The zero-order chi connectivity index (χ0) is 13.9. The highest BCUT2D eigenvalue weighted by molar-refractivity contribution is 5.95. The first-order valence-corrected chi connectivity index (χ1v) is 7.09. The van der Waals surface area contributed by atoms with E-state index in [0.717, 1.165) is 31.6 Å². The average molecular weight is 260 g/mol. The summed E-state index contributed by atoms with van der Waals surface area (Å²) in [5, 5.41) is 6.47. The van der Waals surface area contributed by atoms with Gasteiger partial charge in [0.1, 0.15) is 0 Å². The third-order valence-electron chi connectivity index (χ3n) is 3.67. The molecule has 0 aliphatic carbocycles. The molecule has 1 fully saturated rings. The second-order valence-corrected chi connectivity index (χ2v) is 6.32. The average Bonchev–Trinajstić information content (AvgIpc) is 2.39. The molecule has 2 rings (SSSR count). The summed E-state index contributed by atoms with van der Waals surface area (Å²) in [5.41, 5.74) is 1.90. The molecule has 1 amide bonds. The van der Waals surface area contributed by atoms with Crippen LogP contribution in [0.1, 0.15) is 45.1 Å². The van der Waals surface area contributed by atoms with Crippen molar-refractivity contribution in [3.63, 3.8) is 0 Å². The highest BCUT2D eigenvalue weighted by atomic mass is 16.2. The van der Waals surface area contributed by atoms with Crippen LogP contribution >= 0.6 is 0 Å². The Morgan fingerprint density at radius 1 is 1.21 bits per heavy atom. The number of anilines is 1. The minimum atomic E-state index is -0.360. The van der Waals surface area contributed by atoms with Crippen LogP contribution in [0.25, 0.3) is 0 Å². The number of carbonyl (C=O) groups excluding carboxylic acids is 1. The predicted octanol–water partition coefficient (Wildman–Crippen LogP) is 3.14. The van der Waals surface area contributed by atoms with E-state index in [1.54, 1.807) is 0 Å². The summed E-state index contributed by atoms with van der Waals surface area (Å²) in [6.45, 7) is 7.94. The first-order valence-electron chi connectivity index (χ1n) is 7.09. The van der Waals surface area contributed by atoms with Crippen molar-refractivity contribution in [3.8, 4) is 0 Å². The maximum Gasteiger partial charge on any atom is 0.229 e. The van der Waals surface area contributed by atoms with Crippen molar-refractivity contribution in [2.75, 3.05) is 18.4 Å². The van der Waals surface area contributed by atoms with E-state index < -0.39 is 0 Å². The summed E-state index contributed by atoms with van der Waals surface area (Å²) in [4.78, 5) is 12.1. The fourth-order valence-corrected chi connectivity index (χ4v) is 2.41. The number of amides is 1. The van der Waals surface area contributed by atoms with Gasteiger partial charge < -0.3 is 10.6 Å². The molecule has 1 saturated heterocycles. The molecule has 0 saturated carbocycles. The normalized spacial score (nSPS) is 17.2. The van der Waals surface area contributed by atoms with Gasteiger partial charge in [-0.25, -0.2) is 0 Å². The van der Waals surface area contributed by atoms with Gasteiger partial charge in [-0.2, -0.15) is 0 Å². The van der Waals surface area contributed by atoms with E-state index >= 15 is 0 Å². The first kappa shape index (κ1) is 14.1. The van der Waals surface area contributed by atoms with Gasteiger partial charge in [-0.15, -0.1) is 0 Å². The van der Waals surface area contributed by atoms with Crippen LogP contribution in [-0.2, 0) is 4.79 Å². The maximum absolute atomic E-state index is 12.1. The molecule has 104 valence electrons. The number of piperidine rings is 1. The lowest BCUT2D eigenvalue weighted by atomic mass is 9.88. The number of benzene rings is 1. The summed E-state index contributed by atoms with van der Waals surface area (Å²) >= 11 is 0. The molecule has 0 aromatic heterocycles. The van der Waals surface area contributed by atoms with Crippen LogP contribution in [0.2, 0.25) is 0 Å². The highest BCUT2D eigenvalue weighted by Crippen LogP contribution is 2.31. The molecule has 0 spiro atoms. The van der Waals surface area contributed by atoms with Crippen LogP contribution in [0.4, 0.5) is 5.69 Å². The highest BCUT2D eigenvalue weighted by Gasteiger charge is 2.24. The Kier molecular flexibility index (Phi) is 4.25. The summed E-state index contributed by atoms with van der Waals surface area (Å²) in [7, 11) is 0. The molecule has 3 heteroatoms. The van der Waals surface area contributed by atoms with Crippen molar-refractivity contribution in [2.24, 2.45) is 5.41 Å². The molecular formula is C16H24N2O. The number of rotatable bonds is 2. The van der Waals surface area contributed by atoms with E-state index in [4.69, 9.17) is 0 Å². The Morgan fingerprint density at radius 2 is 1.84 bits per heavy atom. The largest absolute Gasteiger partial charge is 0.325 e. The fourth-order valence-electron chi connectivity index (χ4n) is 2.41. The van der Waals surface area contributed by atoms with E-state index in [1.807, 2.05) is 32.9 Å². The summed E-state index contributed by atoms with van der Waals surface area (Å²) in [5.74, 6) is 0.631. The molecule has 19 heavy (non-hydrogen) atoms. The molecule has 1 heterocycles. The van der Waals surface area contributed by atoms with Crippen LogP contribution in [0, 0.1) is 5.41 Å². The van der Waals surface area contributed by atoms with Crippen molar-refractivity contribution in [1.29, 1.82) is 0 Å². The second kappa shape index (κ2) is 5.74. The van der Waals surface area contributed by atoms with Crippen LogP contribution in [-0.4, -0.2) is 19.0 Å².